The largest absolute Gasteiger partial charge is 0.229 e. The van der Waals surface area contributed by atoms with E-state index in [1.165, 1.54) is 0 Å². The van der Waals surface area contributed by atoms with E-state index in [1.54, 1.807) is 24.3 Å². The molecule has 3 nitrogen and oxygen atoms in total. The third-order valence-corrected chi connectivity index (χ3v) is 3.14. The van der Waals surface area contributed by atoms with Crippen LogP contribution in [-0.2, 0) is 10.0 Å². The molecule has 0 aliphatic carbocycles. The second-order valence-electron chi connectivity index (χ2n) is 3.28. The van der Waals surface area contributed by atoms with Gasteiger partial charge >= 0.3 is 0 Å². The molecular formula is C9H12ClNO2S. The van der Waals surface area contributed by atoms with E-state index < -0.39 is 10.0 Å². The van der Waals surface area contributed by atoms with E-state index in [0.29, 0.717) is 5.02 Å². The second kappa shape index (κ2) is 4.29. The fourth-order valence-corrected chi connectivity index (χ4v) is 2.25. The molecule has 0 aliphatic heterocycles. The molecule has 0 radical (unpaired) electrons. The molecule has 2 N–H and O–H groups in total. The van der Waals surface area contributed by atoms with Gasteiger partial charge in [0.25, 0.3) is 0 Å². The summed E-state index contributed by atoms with van der Waals surface area (Å²) in [5, 5.41) is 5.59. The van der Waals surface area contributed by atoms with E-state index in [0.717, 1.165) is 5.56 Å². The number of hydrogen-bond donors (Lipinski definition) is 1. The predicted molar refractivity (Wildman–Crippen MR) is 57.8 cm³/mol. The molecule has 78 valence electrons. The highest BCUT2D eigenvalue weighted by Crippen LogP contribution is 2.18. The molecule has 1 atom stereocenters. The van der Waals surface area contributed by atoms with Crippen LogP contribution in [0.15, 0.2) is 24.3 Å². The first kappa shape index (κ1) is 11.5. The zero-order valence-electron chi connectivity index (χ0n) is 7.77. The van der Waals surface area contributed by atoms with Crippen molar-refractivity contribution in [3.63, 3.8) is 0 Å². The maximum Gasteiger partial charge on any atom is 0.209 e. The van der Waals surface area contributed by atoms with E-state index >= 15 is 0 Å². The van der Waals surface area contributed by atoms with Crippen LogP contribution in [0.25, 0.3) is 0 Å². The van der Waals surface area contributed by atoms with Crippen molar-refractivity contribution >= 4 is 21.6 Å². The number of primary sulfonamides is 1. The molecule has 1 rings (SSSR count). The van der Waals surface area contributed by atoms with Crippen molar-refractivity contribution in [1.29, 1.82) is 0 Å². The first-order chi connectivity index (χ1) is 6.38. The molecule has 0 saturated carbocycles. The Morgan fingerprint density at radius 3 is 2.29 bits per heavy atom. The number of sulfonamides is 1. The molecule has 0 amide bonds. The summed E-state index contributed by atoms with van der Waals surface area (Å²) < 4.78 is 21.7. The van der Waals surface area contributed by atoms with Crippen LogP contribution in [0.2, 0.25) is 5.02 Å². The van der Waals surface area contributed by atoms with Crippen molar-refractivity contribution < 1.29 is 8.42 Å². The Morgan fingerprint density at radius 2 is 1.86 bits per heavy atom. The number of benzene rings is 1. The maximum atomic E-state index is 10.8. The van der Waals surface area contributed by atoms with E-state index in [1.807, 2.05) is 6.92 Å². The normalized spacial score (nSPS) is 13.9. The van der Waals surface area contributed by atoms with Crippen molar-refractivity contribution in [1.82, 2.24) is 0 Å². The van der Waals surface area contributed by atoms with E-state index in [-0.39, 0.29) is 11.7 Å². The number of halogens is 1. The maximum absolute atomic E-state index is 10.8. The molecule has 0 bridgehead atoms. The lowest BCUT2D eigenvalue weighted by Gasteiger charge is -2.09. The highest BCUT2D eigenvalue weighted by Gasteiger charge is 2.12. The summed E-state index contributed by atoms with van der Waals surface area (Å²) in [6, 6.07) is 7.07. The van der Waals surface area contributed by atoms with E-state index in [4.69, 9.17) is 16.7 Å². The Balaban J connectivity index is 2.80. The van der Waals surface area contributed by atoms with Gasteiger partial charge in [-0.25, -0.2) is 13.6 Å². The molecule has 0 spiro atoms. The summed E-state index contributed by atoms with van der Waals surface area (Å²) in [4.78, 5) is 0. The minimum absolute atomic E-state index is 0.0470. The molecule has 0 aromatic heterocycles. The summed E-state index contributed by atoms with van der Waals surface area (Å²) in [5.74, 6) is -0.156. The topological polar surface area (TPSA) is 60.2 Å². The van der Waals surface area contributed by atoms with Gasteiger partial charge in [0.05, 0.1) is 5.75 Å². The molecule has 1 unspecified atom stereocenters. The second-order valence-corrected chi connectivity index (χ2v) is 5.38. The Morgan fingerprint density at radius 1 is 1.36 bits per heavy atom. The molecule has 0 aliphatic rings. The van der Waals surface area contributed by atoms with Crippen LogP contribution in [0, 0.1) is 0 Å². The SMILES string of the molecule is CC(CS(N)(=O)=O)c1ccc(Cl)cc1. The number of rotatable bonds is 3. The van der Waals surface area contributed by atoms with Crippen LogP contribution in [0.1, 0.15) is 18.4 Å². The minimum Gasteiger partial charge on any atom is -0.229 e. The fraction of sp³-hybridized carbons (Fsp3) is 0.333. The molecule has 1 aromatic carbocycles. The first-order valence-electron chi connectivity index (χ1n) is 4.14. The summed E-state index contributed by atoms with van der Waals surface area (Å²) in [7, 11) is -3.41. The smallest absolute Gasteiger partial charge is 0.209 e. The van der Waals surface area contributed by atoms with Crippen molar-refractivity contribution in [3.05, 3.63) is 34.9 Å². The van der Waals surface area contributed by atoms with Crippen molar-refractivity contribution in [2.45, 2.75) is 12.8 Å². The van der Waals surface area contributed by atoms with Crippen LogP contribution in [-0.4, -0.2) is 14.2 Å². The molecule has 0 heterocycles. The fourth-order valence-electron chi connectivity index (χ4n) is 1.24. The Kier molecular flexibility index (Phi) is 3.53. The average Bonchev–Trinajstić information content (AvgIpc) is 2.02. The van der Waals surface area contributed by atoms with Gasteiger partial charge in [0, 0.05) is 5.02 Å². The molecule has 14 heavy (non-hydrogen) atoms. The Bertz CT molecular complexity index is 399. The number of hydrogen-bond acceptors (Lipinski definition) is 2. The monoisotopic (exact) mass is 233 g/mol. The lowest BCUT2D eigenvalue weighted by Crippen LogP contribution is -2.20. The molecule has 1 aromatic rings. The van der Waals surface area contributed by atoms with Crippen molar-refractivity contribution in [3.8, 4) is 0 Å². The van der Waals surface area contributed by atoms with Crippen molar-refractivity contribution in [2.75, 3.05) is 5.75 Å². The summed E-state index contributed by atoms with van der Waals surface area (Å²) in [6.07, 6.45) is 0. The molecule has 0 fully saturated rings. The third-order valence-electron chi connectivity index (χ3n) is 1.92. The zero-order chi connectivity index (χ0) is 10.8. The van der Waals surface area contributed by atoms with Gasteiger partial charge in [0.2, 0.25) is 10.0 Å². The van der Waals surface area contributed by atoms with Crippen LogP contribution in [0.5, 0.6) is 0 Å². The van der Waals surface area contributed by atoms with Gasteiger partial charge in [0.1, 0.15) is 0 Å². The van der Waals surface area contributed by atoms with Gasteiger partial charge in [-0.05, 0) is 23.6 Å². The third kappa shape index (κ3) is 3.65. The lowest BCUT2D eigenvalue weighted by molar-refractivity contribution is 0.592. The molecule has 5 heteroatoms. The van der Waals surface area contributed by atoms with Gasteiger partial charge in [0.15, 0.2) is 0 Å². The van der Waals surface area contributed by atoms with Crippen LogP contribution < -0.4 is 5.14 Å². The van der Waals surface area contributed by atoms with Crippen LogP contribution in [0.3, 0.4) is 0 Å². The van der Waals surface area contributed by atoms with Gasteiger partial charge in [-0.2, -0.15) is 0 Å². The van der Waals surface area contributed by atoms with Gasteiger partial charge in [-0.3, -0.25) is 0 Å². The van der Waals surface area contributed by atoms with Gasteiger partial charge in [-0.1, -0.05) is 30.7 Å². The Labute approximate surface area is 88.9 Å². The van der Waals surface area contributed by atoms with Crippen molar-refractivity contribution in [2.24, 2.45) is 5.14 Å². The summed E-state index contributed by atoms with van der Waals surface area (Å²) in [6.45, 7) is 1.81. The van der Waals surface area contributed by atoms with Crippen LogP contribution in [0.4, 0.5) is 0 Å². The highest BCUT2D eigenvalue weighted by molar-refractivity contribution is 7.89. The first-order valence-corrected chi connectivity index (χ1v) is 6.24. The van der Waals surface area contributed by atoms with E-state index in [2.05, 4.69) is 0 Å². The predicted octanol–water partition coefficient (Wildman–Crippen LogP) is 1.73. The number of nitrogens with two attached hydrogens (primary N) is 1. The molecule has 0 saturated heterocycles. The lowest BCUT2D eigenvalue weighted by atomic mass is 10.0. The Hall–Kier alpha value is -0.580. The van der Waals surface area contributed by atoms with E-state index in [9.17, 15) is 8.42 Å². The summed E-state index contributed by atoms with van der Waals surface area (Å²) >= 11 is 5.71. The standard InChI is InChI=1S/C9H12ClNO2S/c1-7(6-14(11,12)13)8-2-4-9(10)5-3-8/h2-5,7H,6H2,1H3,(H2,11,12,13). The zero-order valence-corrected chi connectivity index (χ0v) is 9.35. The molecular weight excluding hydrogens is 222 g/mol. The van der Waals surface area contributed by atoms with Gasteiger partial charge < -0.3 is 0 Å². The van der Waals surface area contributed by atoms with Gasteiger partial charge in [-0.15, -0.1) is 0 Å². The highest BCUT2D eigenvalue weighted by atomic mass is 35.5. The average molecular weight is 234 g/mol. The van der Waals surface area contributed by atoms with Crippen LogP contribution >= 0.6 is 11.6 Å². The summed E-state index contributed by atoms with van der Waals surface area (Å²) in [5.41, 5.74) is 0.920. The quantitative estimate of drug-likeness (QED) is 0.865. The minimum atomic E-state index is -3.41.